The third-order valence-corrected chi connectivity index (χ3v) is 6.62. The van der Waals surface area contributed by atoms with E-state index in [4.69, 9.17) is 0 Å². The molecule has 1 saturated heterocycles. The summed E-state index contributed by atoms with van der Waals surface area (Å²) in [6.07, 6.45) is 5.78. The van der Waals surface area contributed by atoms with E-state index in [1.54, 1.807) is 0 Å². The first-order valence-corrected chi connectivity index (χ1v) is 11.4. The molecular weight excluding hydrogens is 364 g/mol. The molecule has 0 spiro atoms. The zero-order chi connectivity index (χ0) is 20.6. The summed E-state index contributed by atoms with van der Waals surface area (Å²) in [7, 11) is 0. The summed E-state index contributed by atoms with van der Waals surface area (Å²) in [4.78, 5) is 27.5. The third-order valence-electron chi connectivity index (χ3n) is 6.62. The Balaban J connectivity index is 1.37. The monoisotopic (exact) mass is 402 g/mol. The zero-order valence-electron chi connectivity index (χ0n) is 18.1. The van der Waals surface area contributed by atoms with Crippen LogP contribution in [-0.4, -0.2) is 57.1 Å². The van der Waals surface area contributed by atoms with Crippen molar-refractivity contribution < 1.29 is 19.4 Å². The van der Waals surface area contributed by atoms with Crippen LogP contribution >= 0.6 is 0 Å². The van der Waals surface area contributed by atoms with E-state index < -0.39 is 0 Å². The van der Waals surface area contributed by atoms with Crippen molar-refractivity contribution in [2.45, 2.75) is 52.0 Å². The summed E-state index contributed by atoms with van der Waals surface area (Å²) in [5, 5.41) is 6.34. The lowest BCUT2D eigenvalue weighted by molar-refractivity contribution is -1.00. The van der Waals surface area contributed by atoms with E-state index in [-0.39, 0.29) is 11.8 Å². The second-order valence-corrected chi connectivity index (χ2v) is 8.85. The van der Waals surface area contributed by atoms with Gasteiger partial charge in [0.2, 0.25) is 0 Å². The predicted molar refractivity (Wildman–Crippen MR) is 115 cm³/mol. The molecule has 2 amide bonds. The van der Waals surface area contributed by atoms with Crippen LogP contribution in [0.4, 0.5) is 5.69 Å². The van der Waals surface area contributed by atoms with Gasteiger partial charge in [-0.3, -0.25) is 9.59 Å². The van der Waals surface area contributed by atoms with Gasteiger partial charge in [-0.05, 0) is 36.8 Å². The number of para-hydroxylation sites is 1. The van der Waals surface area contributed by atoms with Crippen molar-refractivity contribution in [3.63, 3.8) is 0 Å². The Morgan fingerprint density at radius 1 is 0.966 bits per heavy atom. The van der Waals surface area contributed by atoms with Gasteiger partial charge in [0, 0.05) is 11.7 Å². The van der Waals surface area contributed by atoms with Gasteiger partial charge >= 0.3 is 0 Å². The fourth-order valence-electron chi connectivity index (χ4n) is 4.70. The van der Waals surface area contributed by atoms with Crippen molar-refractivity contribution in [3.05, 3.63) is 29.8 Å². The molecule has 1 saturated carbocycles. The second kappa shape index (κ2) is 10.7. The lowest BCUT2D eigenvalue weighted by Gasteiger charge is -2.31. The van der Waals surface area contributed by atoms with Crippen molar-refractivity contribution in [3.8, 4) is 0 Å². The molecule has 29 heavy (non-hydrogen) atoms. The van der Waals surface area contributed by atoms with Crippen LogP contribution in [0.5, 0.6) is 0 Å². The number of nitrogens with one attached hydrogen (secondary N) is 4. The molecule has 0 bridgehead atoms. The van der Waals surface area contributed by atoms with Gasteiger partial charge in [-0.25, -0.2) is 0 Å². The maximum Gasteiger partial charge on any atom is 0.279 e. The minimum absolute atomic E-state index is 0.0772. The van der Waals surface area contributed by atoms with Gasteiger partial charge in [-0.15, -0.1) is 0 Å². The smallest absolute Gasteiger partial charge is 0.279 e. The van der Waals surface area contributed by atoms with E-state index in [0.717, 1.165) is 44.7 Å². The highest BCUT2D eigenvalue weighted by atomic mass is 16.2. The highest BCUT2D eigenvalue weighted by molar-refractivity contribution is 5.92. The van der Waals surface area contributed by atoms with Crippen LogP contribution in [-0.2, 0) is 16.0 Å². The number of quaternary nitrogens is 2. The van der Waals surface area contributed by atoms with Gasteiger partial charge in [-0.2, -0.15) is 0 Å². The number of aryl methyl sites for hydroxylation is 1. The van der Waals surface area contributed by atoms with Crippen molar-refractivity contribution >= 4 is 17.5 Å². The maximum atomic E-state index is 12.5. The van der Waals surface area contributed by atoms with Gasteiger partial charge in [0.25, 0.3) is 11.8 Å². The first-order valence-electron chi connectivity index (χ1n) is 11.4. The molecule has 2 atom stereocenters. The Morgan fingerprint density at radius 3 is 2.24 bits per heavy atom. The first-order chi connectivity index (χ1) is 14.0. The van der Waals surface area contributed by atoms with E-state index in [1.165, 1.54) is 34.6 Å². The van der Waals surface area contributed by atoms with Gasteiger partial charge in [-0.1, -0.05) is 44.9 Å². The van der Waals surface area contributed by atoms with Crippen LogP contribution in [0, 0.1) is 5.92 Å². The molecule has 1 aliphatic heterocycles. The van der Waals surface area contributed by atoms with E-state index in [9.17, 15) is 9.59 Å². The van der Waals surface area contributed by atoms with Crippen LogP contribution in [0.15, 0.2) is 24.3 Å². The Morgan fingerprint density at radius 2 is 1.59 bits per heavy atom. The van der Waals surface area contributed by atoms with E-state index >= 15 is 0 Å². The standard InChI is InChI=1S/C23H36N4O2/c1-3-19-9-5-7-11-21(19)25-23(29)17-27-14-12-26(13-15-27)16-22(28)24-20-10-6-4-8-18(20)2/h5,7,9,11,18,20H,3-4,6,8,10,12-17H2,1-2H3,(H,24,28)(H,25,29)/p+2/t18-,20+/m1/s1. The van der Waals surface area contributed by atoms with E-state index in [1.807, 2.05) is 18.2 Å². The zero-order valence-corrected chi connectivity index (χ0v) is 18.1. The number of hydrogen-bond donors (Lipinski definition) is 4. The molecule has 1 aromatic rings. The summed E-state index contributed by atoms with van der Waals surface area (Å²) in [5.41, 5.74) is 2.10. The van der Waals surface area contributed by atoms with Crippen LogP contribution in [0.2, 0.25) is 0 Å². The van der Waals surface area contributed by atoms with Gasteiger partial charge in [0.1, 0.15) is 26.2 Å². The van der Waals surface area contributed by atoms with Gasteiger partial charge in [0.15, 0.2) is 13.1 Å². The molecular formula is C23H38N4O2+2. The summed E-state index contributed by atoms with van der Waals surface area (Å²) in [6.45, 7) is 9.18. The number of piperazine rings is 1. The summed E-state index contributed by atoms with van der Waals surface area (Å²) in [6, 6.07) is 8.36. The minimum atomic E-state index is 0.0772. The highest BCUT2D eigenvalue weighted by Crippen LogP contribution is 2.23. The number of benzene rings is 1. The third kappa shape index (κ3) is 6.54. The molecule has 0 radical (unpaired) electrons. The molecule has 2 fully saturated rings. The molecule has 6 heteroatoms. The van der Waals surface area contributed by atoms with Crippen LogP contribution in [0.3, 0.4) is 0 Å². The minimum Gasteiger partial charge on any atom is -0.348 e. The lowest BCUT2D eigenvalue weighted by atomic mass is 9.86. The molecule has 4 N–H and O–H groups in total. The Bertz CT molecular complexity index is 685. The van der Waals surface area contributed by atoms with Crippen molar-refractivity contribution in [1.82, 2.24) is 5.32 Å². The molecule has 2 aliphatic rings. The Kier molecular flexibility index (Phi) is 8.07. The number of amides is 2. The molecule has 0 aromatic heterocycles. The average molecular weight is 403 g/mol. The predicted octanol–water partition coefficient (Wildman–Crippen LogP) is -0.334. The molecule has 0 unspecified atom stereocenters. The topological polar surface area (TPSA) is 67.1 Å². The molecule has 1 heterocycles. The molecule has 6 nitrogen and oxygen atoms in total. The quantitative estimate of drug-likeness (QED) is 0.504. The summed E-state index contributed by atoms with van der Waals surface area (Å²) in [5.74, 6) is 0.866. The van der Waals surface area contributed by atoms with E-state index in [0.29, 0.717) is 25.0 Å². The van der Waals surface area contributed by atoms with Gasteiger partial charge in [0.05, 0.1) is 0 Å². The molecule has 1 aromatic carbocycles. The first kappa shape index (κ1) is 21.8. The van der Waals surface area contributed by atoms with Crippen LogP contribution < -0.4 is 20.4 Å². The number of carbonyl (C=O) groups is 2. The Hall–Kier alpha value is -1.92. The van der Waals surface area contributed by atoms with Crippen molar-refractivity contribution in [2.75, 3.05) is 44.6 Å². The number of hydrogen-bond acceptors (Lipinski definition) is 2. The largest absolute Gasteiger partial charge is 0.348 e. The SMILES string of the molecule is CCc1ccccc1NC(=O)C[NH+]1CC[NH+](CC(=O)N[C@H]2CCCC[C@H]2C)CC1. The molecule has 160 valence electrons. The number of carbonyl (C=O) groups excluding carboxylic acids is 2. The number of rotatable bonds is 7. The molecule has 1 aliphatic carbocycles. The van der Waals surface area contributed by atoms with Gasteiger partial charge < -0.3 is 20.4 Å². The Labute approximate surface area is 175 Å². The summed E-state index contributed by atoms with van der Waals surface area (Å²) >= 11 is 0. The molecule has 3 rings (SSSR count). The highest BCUT2D eigenvalue weighted by Gasteiger charge is 2.28. The van der Waals surface area contributed by atoms with Crippen molar-refractivity contribution in [2.24, 2.45) is 5.92 Å². The normalized spacial score (nSPS) is 27.2. The fourth-order valence-corrected chi connectivity index (χ4v) is 4.70. The van der Waals surface area contributed by atoms with Crippen LogP contribution in [0.25, 0.3) is 0 Å². The summed E-state index contributed by atoms with van der Waals surface area (Å²) < 4.78 is 0. The maximum absolute atomic E-state index is 12.5. The van der Waals surface area contributed by atoms with E-state index in [2.05, 4.69) is 30.5 Å². The van der Waals surface area contributed by atoms with Crippen LogP contribution in [0.1, 0.15) is 45.1 Å². The second-order valence-electron chi connectivity index (χ2n) is 8.85. The fraction of sp³-hybridized carbons (Fsp3) is 0.652. The lowest BCUT2D eigenvalue weighted by Crippen LogP contribution is -3.28. The van der Waals surface area contributed by atoms with Crippen molar-refractivity contribution in [1.29, 1.82) is 0 Å². The number of anilines is 1. The average Bonchev–Trinajstić information content (AvgIpc) is 2.71.